The highest BCUT2D eigenvalue weighted by molar-refractivity contribution is 6.10. The molecule has 0 aliphatic heterocycles. The summed E-state index contributed by atoms with van der Waals surface area (Å²) in [5.41, 5.74) is 1.67. The van der Waals surface area contributed by atoms with Gasteiger partial charge in [0.2, 0.25) is 0 Å². The highest BCUT2D eigenvalue weighted by Gasteiger charge is 2.21. The number of methoxy groups -OCH3 is 1. The molecular formula is C25H21N3O5. The molecule has 0 atom stereocenters. The molecule has 0 radical (unpaired) electrons. The Balaban J connectivity index is 1.94. The normalized spacial score (nSPS) is 10.8. The van der Waals surface area contributed by atoms with Crippen LogP contribution in [0.3, 0.4) is 0 Å². The molecule has 0 aromatic heterocycles. The standard InChI is InChI=1S/C25H21N3O5/c1-17-8-6-7-11-21(17)27-25(29)20(15-26)12-19-13-23(32-2)24(14-22(19)28(30)31)33-16-18-9-4-3-5-10-18/h3-14H,16H2,1-2H3,(H,27,29)/b20-12-. The van der Waals surface area contributed by atoms with Gasteiger partial charge in [0.25, 0.3) is 11.6 Å². The van der Waals surface area contributed by atoms with Gasteiger partial charge in [-0.2, -0.15) is 5.26 Å². The fraction of sp³-hybridized carbons (Fsp3) is 0.120. The van der Waals surface area contributed by atoms with Crippen molar-refractivity contribution >= 4 is 23.4 Å². The van der Waals surface area contributed by atoms with Crippen LogP contribution in [-0.2, 0) is 11.4 Å². The third kappa shape index (κ3) is 5.74. The van der Waals surface area contributed by atoms with Crippen LogP contribution in [0.15, 0.2) is 72.3 Å². The first-order valence-electron chi connectivity index (χ1n) is 9.95. The molecule has 3 aromatic rings. The summed E-state index contributed by atoms with van der Waals surface area (Å²) in [5, 5.41) is 23.9. The molecule has 166 valence electrons. The first-order chi connectivity index (χ1) is 15.9. The number of nitrogens with one attached hydrogen (secondary N) is 1. The maximum Gasteiger partial charge on any atom is 0.280 e. The Bertz CT molecular complexity index is 1250. The Labute approximate surface area is 190 Å². The van der Waals surface area contributed by atoms with E-state index >= 15 is 0 Å². The van der Waals surface area contributed by atoms with Gasteiger partial charge in [0.1, 0.15) is 18.2 Å². The molecule has 33 heavy (non-hydrogen) atoms. The van der Waals surface area contributed by atoms with Gasteiger partial charge in [-0.05, 0) is 36.3 Å². The first kappa shape index (κ1) is 23.0. The van der Waals surface area contributed by atoms with Crippen LogP contribution in [0.2, 0.25) is 0 Å². The van der Waals surface area contributed by atoms with Gasteiger partial charge >= 0.3 is 0 Å². The zero-order chi connectivity index (χ0) is 23.8. The number of para-hydroxylation sites is 1. The van der Waals surface area contributed by atoms with Crippen LogP contribution in [0.4, 0.5) is 11.4 Å². The van der Waals surface area contributed by atoms with Crippen molar-refractivity contribution in [3.8, 4) is 17.6 Å². The van der Waals surface area contributed by atoms with E-state index in [1.807, 2.05) is 55.5 Å². The number of carbonyl (C=O) groups is 1. The second-order valence-electron chi connectivity index (χ2n) is 7.03. The van der Waals surface area contributed by atoms with Gasteiger partial charge in [-0.15, -0.1) is 0 Å². The van der Waals surface area contributed by atoms with Crippen LogP contribution >= 0.6 is 0 Å². The van der Waals surface area contributed by atoms with Crippen LogP contribution < -0.4 is 14.8 Å². The lowest BCUT2D eigenvalue weighted by atomic mass is 10.1. The fourth-order valence-corrected chi connectivity index (χ4v) is 3.05. The lowest BCUT2D eigenvalue weighted by molar-refractivity contribution is -0.385. The van der Waals surface area contributed by atoms with Crippen LogP contribution in [0.25, 0.3) is 6.08 Å². The molecule has 0 heterocycles. The summed E-state index contributed by atoms with van der Waals surface area (Å²) in [5.74, 6) is -0.267. The number of anilines is 1. The van der Waals surface area contributed by atoms with Crippen molar-refractivity contribution < 1.29 is 19.2 Å². The van der Waals surface area contributed by atoms with E-state index in [2.05, 4.69) is 5.32 Å². The largest absolute Gasteiger partial charge is 0.493 e. The third-order valence-corrected chi connectivity index (χ3v) is 4.80. The zero-order valence-corrected chi connectivity index (χ0v) is 18.1. The van der Waals surface area contributed by atoms with Gasteiger partial charge in [0, 0.05) is 5.69 Å². The summed E-state index contributed by atoms with van der Waals surface area (Å²) < 4.78 is 11.1. The van der Waals surface area contributed by atoms with Crippen LogP contribution in [0.5, 0.6) is 11.5 Å². The van der Waals surface area contributed by atoms with E-state index in [-0.39, 0.29) is 34.9 Å². The number of nitriles is 1. The second kappa shape index (κ2) is 10.6. The van der Waals surface area contributed by atoms with Gasteiger partial charge in [-0.3, -0.25) is 14.9 Å². The smallest absolute Gasteiger partial charge is 0.280 e. The quantitative estimate of drug-likeness (QED) is 0.226. The SMILES string of the molecule is COc1cc(/C=C(/C#N)C(=O)Nc2ccccc2C)c([N+](=O)[O-])cc1OCc1ccccc1. The zero-order valence-electron chi connectivity index (χ0n) is 18.1. The average Bonchev–Trinajstić information content (AvgIpc) is 2.83. The van der Waals surface area contributed by atoms with Gasteiger partial charge < -0.3 is 14.8 Å². The van der Waals surface area contributed by atoms with Crippen molar-refractivity contribution in [3.05, 3.63) is 99.1 Å². The molecular weight excluding hydrogens is 422 g/mol. The molecule has 0 fully saturated rings. The van der Waals surface area contributed by atoms with Gasteiger partial charge in [0.05, 0.1) is 23.7 Å². The minimum atomic E-state index is -0.676. The van der Waals surface area contributed by atoms with Gasteiger partial charge in [-0.1, -0.05) is 48.5 Å². The molecule has 0 bridgehead atoms. The summed E-state index contributed by atoms with van der Waals surface area (Å²) in [6, 6.07) is 20.8. The van der Waals surface area contributed by atoms with Crippen molar-refractivity contribution in [1.82, 2.24) is 0 Å². The van der Waals surface area contributed by atoms with Crippen molar-refractivity contribution in [1.29, 1.82) is 5.26 Å². The predicted octanol–water partition coefficient (Wildman–Crippen LogP) is 5.04. The second-order valence-corrected chi connectivity index (χ2v) is 7.03. The number of benzene rings is 3. The Hall–Kier alpha value is -4.64. The molecule has 8 heteroatoms. The van der Waals surface area contributed by atoms with Gasteiger partial charge in [-0.25, -0.2) is 0 Å². The highest BCUT2D eigenvalue weighted by atomic mass is 16.6. The molecule has 3 rings (SSSR count). The van der Waals surface area contributed by atoms with Crippen LogP contribution in [-0.4, -0.2) is 17.9 Å². The van der Waals surface area contributed by atoms with E-state index in [1.54, 1.807) is 12.1 Å². The number of amides is 1. The Kier molecular flexibility index (Phi) is 7.39. The molecule has 0 unspecified atom stereocenters. The monoisotopic (exact) mass is 443 g/mol. The summed E-state index contributed by atoms with van der Waals surface area (Å²) in [4.78, 5) is 23.8. The Morgan fingerprint density at radius 1 is 1.12 bits per heavy atom. The van der Waals surface area contributed by atoms with Crippen LogP contribution in [0, 0.1) is 28.4 Å². The van der Waals surface area contributed by atoms with E-state index in [1.165, 1.54) is 19.2 Å². The molecule has 1 N–H and O–H groups in total. The fourth-order valence-electron chi connectivity index (χ4n) is 3.05. The molecule has 0 aliphatic rings. The first-order valence-corrected chi connectivity index (χ1v) is 9.95. The minimum Gasteiger partial charge on any atom is -0.493 e. The topological polar surface area (TPSA) is 114 Å². The molecule has 8 nitrogen and oxygen atoms in total. The van der Waals surface area contributed by atoms with E-state index < -0.39 is 10.8 Å². The maximum absolute atomic E-state index is 12.6. The van der Waals surface area contributed by atoms with E-state index in [9.17, 15) is 20.2 Å². The predicted molar refractivity (Wildman–Crippen MR) is 124 cm³/mol. The van der Waals surface area contributed by atoms with Gasteiger partial charge in [0.15, 0.2) is 11.5 Å². The number of nitro benzene ring substituents is 1. The van der Waals surface area contributed by atoms with Crippen molar-refractivity contribution in [3.63, 3.8) is 0 Å². The minimum absolute atomic E-state index is 0.0420. The van der Waals surface area contributed by atoms with Crippen LogP contribution in [0.1, 0.15) is 16.7 Å². The van der Waals surface area contributed by atoms with E-state index in [0.717, 1.165) is 17.2 Å². The van der Waals surface area contributed by atoms with E-state index in [0.29, 0.717) is 5.69 Å². The number of aryl methyl sites for hydroxylation is 1. The van der Waals surface area contributed by atoms with Crippen molar-refractivity contribution in [2.75, 3.05) is 12.4 Å². The molecule has 0 saturated heterocycles. The lowest BCUT2D eigenvalue weighted by Gasteiger charge is -2.12. The van der Waals surface area contributed by atoms with E-state index in [4.69, 9.17) is 9.47 Å². The van der Waals surface area contributed by atoms with Crippen molar-refractivity contribution in [2.45, 2.75) is 13.5 Å². The summed E-state index contributed by atoms with van der Waals surface area (Å²) in [6.45, 7) is 2.00. The summed E-state index contributed by atoms with van der Waals surface area (Å²) in [6.07, 6.45) is 1.16. The molecule has 3 aromatic carbocycles. The molecule has 1 amide bonds. The number of hydrogen-bond acceptors (Lipinski definition) is 6. The number of rotatable bonds is 8. The Morgan fingerprint density at radius 2 is 1.82 bits per heavy atom. The summed E-state index contributed by atoms with van der Waals surface area (Å²) >= 11 is 0. The number of hydrogen-bond donors (Lipinski definition) is 1. The number of nitrogens with zero attached hydrogens (tertiary/aromatic N) is 2. The highest BCUT2D eigenvalue weighted by Crippen LogP contribution is 2.36. The third-order valence-electron chi connectivity index (χ3n) is 4.80. The molecule has 0 saturated carbocycles. The summed E-state index contributed by atoms with van der Waals surface area (Å²) in [7, 11) is 1.40. The number of nitro groups is 1. The molecule has 0 spiro atoms. The number of ether oxygens (including phenoxy) is 2. The lowest BCUT2D eigenvalue weighted by Crippen LogP contribution is -2.14. The average molecular weight is 443 g/mol. The maximum atomic E-state index is 12.6. The molecule has 0 aliphatic carbocycles. The van der Waals surface area contributed by atoms with Crippen molar-refractivity contribution in [2.24, 2.45) is 0 Å². The number of carbonyl (C=O) groups excluding carboxylic acids is 1. The Morgan fingerprint density at radius 3 is 2.45 bits per heavy atom.